The molecule has 4 nitrogen and oxygen atoms in total. The monoisotopic (exact) mass is 395 g/mol. The lowest BCUT2D eigenvalue weighted by Gasteiger charge is -2.05. The van der Waals surface area contributed by atoms with Gasteiger partial charge in [-0.1, -0.05) is 35.5 Å². The molecule has 1 amide bonds. The topological polar surface area (TPSA) is 57.8 Å². The summed E-state index contributed by atoms with van der Waals surface area (Å²) in [5.41, 5.74) is 2.53. The molecule has 3 aromatic rings. The maximum Gasteiger partial charge on any atom is 0.234 e. The molecule has 1 heterocycles. The number of halogens is 2. The number of carbonyl (C=O) groups is 1. The number of para-hydroxylation sites is 2. The molecule has 0 saturated carbocycles. The molecular weight excluding hydrogens is 386 g/mol. The summed E-state index contributed by atoms with van der Waals surface area (Å²) in [5, 5.41) is 4.09. The van der Waals surface area contributed by atoms with Gasteiger partial charge in [-0.25, -0.2) is 4.98 Å². The molecule has 2 N–H and O–H groups in total. The molecule has 0 fully saturated rings. The summed E-state index contributed by atoms with van der Waals surface area (Å²) in [6.45, 7) is 0. The number of carbonyl (C=O) groups excluding carboxylic acids is 1. The van der Waals surface area contributed by atoms with E-state index in [2.05, 4.69) is 31.2 Å². The zero-order chi connectivity index (χ0) is 15.5. The molecule has 0 aliphatic carbocycles. The van der Waals surface area contributed by atoms with Crippen molar-refractivity contribution in [3.8, 4) is 0 Å². The van der Waals surface area contributed by atoms with Crippen LogP contribution < -0.4 is 5.32 Å². The largest absolute Gasteiger partial charge is 0.333 e. The van der Waals surface area contributed by atoms with Crippen LogP contribution in [0.25, 0.3) is 11.0 Å². The number of imidazole rings is 1. The first-order chi connectivity index (χ1) is 10.6. The Morgan fingerprint density at radius 3 is 2.91 bits per heavy atom. The number of benzene rings is 2. The average molecular weight is 397 g/mol. The van der Waals surface area contributed by atoms with E-state index in [1.807, 2.05) is 24.3 Å². The van der Waals surface area contributed by atoms with Gasteiger partial charge >= 0.3 is 0 Å². The van der Waals surface area contributed by atoms with Crippen molar-refractivity contribution in [1.29, 1.82) is 0 Å². The van der Waals surface area contributed by atoms with Crippen molar-refractivity contribution >= 4 is 61.9 Å². The van der Waals surface area contributed by atoms with Crippen molar-refractivity contribution in [2.45, 2.75) is 5.16 Å². The number of fused-ring (bicyclic) bond motifs is 1. The quantitative estimate of drug-likeness (QED) is 0.628. The van der Waals surface area contributed by atoms with Crippen LogP contribution in [0, 0.1) is 0 Å². The Kier molecular flexibility index (Phi) is 4.71. The molecule has 7 heteroatoms. The first-order valence-corrected chi connectivity index (χ1v) is 8.60. The number of H-pyrrole nitrogens is 1. The number of nitrogens with zero attached hydrogens (tertiary/aromatic N) is 1. The third-order valence-corrected chi connectivity index (χ3v) is 5.02. The molecule has 0 saturated heterocycles. The van der Waals surface area contributed by atoms with Crippen LogP contribution in [-0.2, 0) is 4.79 Å². The van der Waals surface area contributed by atoms with Crippen molar-refractivity contribution in [3.63, 3.8) is 0 Å². The van der Waals surface area contributed by atoms with E-state index in [-0.39, 0.29) is 11.7 Å². The number of rotatable bonds is 4. The molecule has 112 valence electrons. The van der Waals surface area contributed by atoms with Crippen molar-refractivity contribution in [1.82, 2.24) is 9.97 Å². The van der Waals surface area contributed by atoms with Crippen LogP contribution in [0.5, 0.6) is 0 Å². The number of hydrogen-bond donors (Lipinski definition) is 2. The van der Waals surface area contributed by atoms with Crippen LogP contribution in [0.1, 0.15) is 0 Å². The second-order valence-electron chi connectivity index (χ2n) is 4.52. The van der Waals surface area contributed by atoms with Crippen LogP contribution in [0.2, 0.25) is 5.02 Å². The molecule has 0 radical (unpaired) electrons. The van der Waals surface area contributed by atoms with Crippen molar-refractivity contribution < 1.29 is 4.79 Å². The van der Waals surface area contributed by atoms with Crippen molar-refractivity contribution in [3.05, 3.63) is 52.0 Å². The number of aromatic amines is 1. The molecule has 22 heavy (non-hydrogen) atoms. The van der Waals surface area contributed by atoms with E-state index in [4.69, 9.17) is 11.6 Å². The lowest BCUT2D eigenvalue weighted by Crippen LogP contribution is -2.14. The van der Waals surface area contributed by atoms with Gasteiger partial charge in [0.25, 0.3) is 0 Å². The summed E-state index contributed by atoms with van der Waals surface area (Å²) >= 11 is 10.7. The van der Waals surface area contributed by atoms with Gasteiger partial charge in [0.1, 0.15) is 0 Å². The third kappa shape index (κ3) is 3.63. The van der Waals surface area contributed by atoms with Gasteiger partial charge in [0.2, 0.25) is 5.91 Å². The molecule has 2 aromatic carbocycles. The maximum absolute atomic E-state index is 12.0. The Morgan fingerprint density at radius 1 is 1.32 bits per heavy atom. The van der Waals surface area contributed by atoms with Gasteiger partial charge in [0.05, 0.1) is 21.8 Å². The van der Waals surface area contributed by atoms with Gasteiger partial charge in [-0.3, -0.25) is 4.79 Å². The summed E-state index contributed by atoms with van der Waals surface area (Å²) in [7, 11) is 0. The van der Waals surface area contributed by atoms with E-state index in [0.717, 1.165) is 20.7 Å². The first-order valence-electron chi connectivity index (χ1n) is 6.44. The Balaban J connectivity index is 1.60. The number of amides is 1. The van der Waals surface area contributed by atoms with Gasteiger partial charge in [0.15, 0.2) is 5.16 Å². The predicted molar refractivity (Wildman–Crippen MR) is 94.6 cm³/mol. The van der Waals surface area contributed by atoms with E-state index in [1.165, 1.54) is 11.8 Å². The SMILES string of the molecule is O=C(CSc1nc2ccccc2[nH]1)Nc1ccc(Br)c(Cl)c1. The van der Waals surface area contributed by atoms with Crippen LogP contribution >= 0.6 is 39.3 Å². The fraction of sp³-hybridized carbons (Fsp3) is 0.0667. The number of nitrogens with one attached hydrogen (secondary N) is 2. The summed E-state index contributed by atoms with van der Waals surface area (Å²) in [5.74, 6) is 0.164. The van der Waals surface area contributed by atoms with Crippen molar-refractivity contribution in [2.24, 2.45) is 0 Å². The molecule has 0 spiro atoms. The predicted octanol–water partition coefficient (Wildman–Crippen LogP) is 4.71. The van der Waals surface area contributed by atoms with Gasteiger partial charge in [0, 0.05) is 10.2 Å². The van der Waals surface area contributed by atoms with E-state index < -0.39 is 0 Å². The number of hydrogen-bond acceptors (Lipinski definition) is 3. The van der Waals surface area contributed by atoms with E-state index in [9.17, 15) is 4.79 Å². The lowest BCUT2D eigenvalue weighted by molar-refractivity contribution is -0.113. The summed E-state index contributed by atoms with van der Waals surface area (Å²) < 4.78 is 0.795. The van der Waals surface area contributed by atoms with E-state index >= 15 is 0 Å². The van der Waals surface area contributed by atoms with Crippen molar-refractivity contribution in [2.75, 3.05) is 11.1 Å². The van der Waals surface area contributed by atoms with Gasteiger partial charge in [-0.05, 0) is 46.3 Å². The maximum atomic E-state index is 12.0. The Labute approximate surface area is 144 Å². The molecule has 3 rings (SSSR count). The highest BCUT2D eigenvalue weighted by atomic mass is 79.9. The normalized spacial score (nSPS) is 10.8. The molecule has 0 atom stereocenters. The van der Waals surface area contributed by atoms with Gasteiger partial charge < -0.3 is 10.3 Å². The summed E-state index contributed by atoms with van der Waals surface area (Å²) in [4.78, 5) is 19.6. The van der Waals surface area contributed by atoms with Gasteiger partial charge in [-0.15, -0.1) is 0 Å². The Hall–Kier alpha value is -1.50. The number of aromatic nitrogens is 2. The Bertz CT molecular complexity index is 804. The molecule has 0 unspecified atom stereocenters. The molecular formula is C15H11BrClN3OS. The summed E-state index contributed by atoms with van der Waals surface area (Å²) in [6, 6.07) is 13.1. The van der Waals surface area contributed by atoms with Crippen LogP contribution in [0.15, 0.2) is 52.1 Å². The zero-order valence-corrected chi connectivity index (χ0v) is 14.4. The third-order valence-electron chi connectivity index (χ3n) is 2.91. The van der Waals surface area contributed by atoms with Crippen LogP contribution in [-0.4, -0.2) is 21.6 Å². The highest BCUT2D eigenvalue weighted by Crippen LogP contribution is 2.26. The van der Waals surface area contributed by atoms with E-state index in [0.29, 0.717) is 10.7 Å². The summed E-state index contributed by atoms with van der Waals surface area (Å²) in [6.07, 6.45) is 0. The zero-order valence-electron chi connectivity index (χ0n) is 11.3. The lowest BCUT2D eigenvalue weighted by atomic mass is 10.3. The highest BCUT2D eigenvalue weighted by Gasteiger charge is 2.08. The fourth-order valence-corrected chi connectivity index (χ4v) is 3.01. The second-order valence-corrected chi connectivity index (χ2v) is 6.75. The minimum absolute atomic E-state index is 0.108. The minimum Gasteiger partial charge on any atom is -0.333 e. The minimum atomic E-state index is -0.108. The average Bonchev–Trinajstić information content (AvgIpc) is 2.92. The number of anilines is 1. The number of thioether (sulfide) groups is 1. The van der Waals surface area contributed by atoms with Crippen LogP contribution in [0.3, 0.4) is 0 Å². The highest BCUT2D eigenvalue weighted by molar-refractivity contribution is 9.10. The fourth-order valence-electron chi connectivity index (χ4n) is 1.90. The first kappa shape index (κ1) is 15.4. The standard InChI is InChI=1S/C15H11BrClN3OS/c16-10-6-5-9(7-11(10)17)18-14(21)8-22-15-19-12-3-1-2-4-13(12)20-15/h1-7H,8H2,(H,18,21)(H,19,20). The molecule has 0 aliphatic heterocycles. The molecule has 0 bridgehead atoms. The van der Waals surface area contributed by atoms with Crippen LogP contribution in [0.4, 0.5) is 5.69 Å². The van der Waals surface area contributed by atoms with Gasteiger partial charge in [-0.2, -0.15) is 0 Å². The smallest absolute Gasteiger partial charge is 0.234 e. The molecule has 0 aliphatic rings. The second kappa shape index (κ2) is 6.73. The van der Waals surface area contributed by atoms with E-state index in [1.54, 1.807) is 18.2 Å². The molecule has 1 aromatic heterocycles. The Morgan fingerprint density at radius 2 is 2.14 bits per heavy atom.